The molecule has 286 valence electrons. The molecule has 0 N–H and O–H groups in total. The smallest absolute Gasteiger partial charge is 0.237 e. The average molecular weight is 790 g/mol. The Balaban J connectivity index is 1.13. The lowest BCUT2D eigenvalue weighted by Crippen LogP contribution is -2.06. The van der Waals surface area contributed by atoms with Crippen molar-refractivity contribution in [1.82, 2.24) is 23.5 Å². The monoisotopic (exact) mass is 789 g/mol. The summed E-state index contributed by atoms with van der Waals surface area (Å²) in [6.07, 6.45) is 0. The zero-order chi connectivity index (χ0) is 40.2. The van der Waals surface area contributed by atoms with Crippen LogP contribution in [0, 0.1) is 0 Å². The van der Waals surface area contributed by atoms with Crippen molar-refractivity contribution in [1.29, 1.82) is 0 Å². The third-order valence-corrected chi connectivity index (χ3v) is 13.4. The fourth-order valence-electron chi connectivity index (χ4n) is 10.8. The van der Waals surface area contributed by atoms with Gasteiger partial charge >= 0.3 is 0 Å². The highest BCUT2D eigenvalue weighted by Gasteiger charge is 2.28. The minimum atomic E-state index is 0.590. The van der Waals surface area contributed by atoms with Crippen LogP contribution in [0.25, 0.3) is 137 Å². The van der Waals surface area contributed by atoms with E-state index in [4.69, 9.17) is 14.4 Å². The van der Waals surface area contributed by atoms with Gasteiger partial charge in [0.1, 0.15) is 11.1 Å². The van der Waals surface area contributed by atoms with Crippen LogP contribution in [0.5, 0.6) is 0 Å². The maximum absolute atomic E-state index is 6.90. The Morgan fingerprint density at radius 2 is 1.00 bits per heavy atom. The zero-order valence-electron chi connectivity index (χ0n) is 33.0. The van der Waals surface area contributed by atoms with Crippen LogP contribution in [-0.2, 0) is 0 Å². The molecule has 6 heteroatoms. The van der Waals surface area contributed by atoms with Crippen molar-refractivity contribution in [3.8, 4) is 22.9 Å². The molecule has 0 amide bonds. The van der Waals surface area contributed by atoms with Crippen LogP contribution >= 0.6 is 0 Å². The second-order valence-corrected chi connectivity index (χ2v) is 16.5. The number of benzene rings is 9. The number of fused-ring (bicyclic) bond motifs is 18. The molecule has 6 heterocycles. The number of hydrogen-bond acceptors (Lipinski definition) is 3. The van der Waals surface area contributed by atoms with Gasteiger partial charge < -0.3 is 8.82 Å². The SMILES string of the molecule is c1ccc(-c2ccc3c(c2)c2cc4c5ccccc5n(-c5nc(-n6c7ccccc7c7c8ccccc8ccc76)nc6c5oc5ccccc56)c4c4c5ccccc5n3c24)cc1. The summed E-state index contributed by atoms with van der Waals surface area (Å²) in [4.78, 5) is 11.2. The first-order valence-corrected chi connectivity index (χ1v) is 21.1. The molecule has 6 aromatic heterocycles. The van der Waals surface area contributed by atoms with Crippen LogP contribution in [0.1, 0.15) is 0 Å². The number of para-hydroxylation sites is 4. The summed E-state index contributed by atoms with van der Waals surface area (Å²) in [5.41, 5.74) is 12.4. The molecule has 15 aromatic rings. The molecule has 0 aliphatic rings. The van der Waals surface area contributed by atoms with Gasteiger partial charge in [0.2, 0.25) is 5.95 Å². The molecule has 0 saturated heterocycles. The van der Waals surface area contributed by atoms with E-state index < -0.39 is 0 Å². The van der Waals surface area contributed by atoms with Crippen LogP contribution in [0.15, 0.2) is 192 Å². The minimum absolute atomic E-state index is 0.590. The first kappa shape index (κ1) is 32.4. The molecule has 0 unspecified atom stereocenters. The van der Waals surface area contributed by atoms with Gasteiger partial charge in [-0.15, -0.1) is 0 Å². The number of furan rings is 1. The van der Waals surface area contributed by atoms with Gasteiger partial charge in [-0.3, -0.25) is 9.13 Å². The van der Waals surface area contributed by atoms with Crippen LogP contribution < -0.4 is 0 Å². The van der Waals surface area contributed by atoms with Crippen molar-refractivity contribution >= 4 is 115 Å². The molecule has 0 aliphatic carbocycles. The van der Waals surface area contributed by atoms with Gasteiger partial charge in [-0.25, -0.2) is 4.98 Å². The predicted molar refractivity (Wildman–Crippen MR) is 256 cm³/mol. The van der Waals surface area contributed by atoms with E-state index >= 15 is 0 Å². The van der Waals surface area contributed by atoms with Crippen molar-refractivity contribution in [3.63, 3.8) is 0 Å². The van der Waals surface area contributed by atoms with Gasteiger partial charge in [-0.1, -0.05) is 133 Å². The van der Waals surface area contributed by atoms with E-state index in [0.717, 1.165) is 54.7 Å². The van der Waals surface area contributed by atoms with Gasteiger partial charge in [-0.05, 0) is 76.5 Å². The molecule has 9 aromatic carbocycles. The van der Waals surface area contributed by atoms with Gasteiger partial charge in [0.25, 0.3) is 0 Å². The summed E-state index contributed by atoms with van der Waals surface area (Å²) in [7, 11) is 0. The molecule has 15 rings (SSSR count). The number of rotatable bonds is 3. The second kappa shape index (κ2) is 11.6. The minimum Gasteiger partial charge on any atom is -0.450 e. The first-order valence-electron chi connectivity index (χ1n) is 21.1. The topological polar surface area (TPSA) is 53.2 Å². The molecule has 0 radical (unpaired) electrons. The highest BCUT2D eigenvalue weighted by atomic mass is 16.3. The van der Waals surface area contributed by atoms with Crippen LogP contribution in [0.2, 0.25) is 0 Å². The van der Waals surface area contributed by atoms with Crippen molar-refractivity contribution in [3.05, 3.63) is 188 Å². The van der Waals surface area contributed by atoms with Gasteiger partial charge in [0, 0.05) is 48.5 Å². The Labute approximate surface area is 352 Å². The normalized spacial score (nSPS) is 12.5. The summed E-state index contributed by atoms with van der Waals surface area (Å²) < 4.78 is 14.0. The van der Waals surface area contributed by atoms with Crippen molar-refractivity contribution < 1.29 is 4.42 Å². The summed E-state index contributed by atoms with van der Waals surface area (Å²) in [5, 5.41) is 12.9. The molecule has 6 nitrogen and oxygen atoms in total. The quantitative estimate of drug-likeness (QED) is 0.179. The van der Waals surface area contributed by atoms with E-state index in [9.17, 15) is 0 Å². The Hall–Kier alpha value is -8.48. The van der Waals surface area contributed by atoms with Crippen molar-refractivity contribution in [2.75, 3.05) is 0 Å². The third-order valence-electron chi connectivity index (χ3n) is 13.4. The summed E-state index contributed by atoms with van der Waals surface area (Å²) in [6, 6.07) is 67.5. The maximum atomic E-state index is 6.90. The largest absolute Gasteiger partial charge is 0.450 e. The summed E-state index contributed by atoms with van der Waals surface area (Å²) >= 11 is 0. The Morgan fingerprint density at radius 1 is 0.371 bits per heavy atom. The Bertz CT molecular complexity index is 4390. The lowest BCUT2D eigenvalue weighted by Gasteiger charge is -2.12. The standard InChI is InChI=1S/C56H31N5O/c1-2-14-32(15-3-1)34-27-28-46-40(30-34)42-31-41-36-18-6-10-22-43(36)61(53(41)50-38-20-8-11-23-44(38)59(46)52(42)50)55-54-51(39-21-9-13-25-48(39)62-54)57-56(58-55)60-45-24-12-7-19-37(45)49-35-17-5-4-16-33(35)26-29-47(49)60/h1-31H. The number of hydrogen-bond donors (Lipinski definition) is 0. The molecule has 0 bridgehead atoms. The van der Waals surface area contributed by atoms with Crippen molar-refractivity contribution in [2.24, 2.45) is 0 Å². The van der Waals surface area contributed by atoms with E-state index in [1.54, 1.807) is 0 Å². The maximum Gasteiger partial charge on any atom is 0.237 e. The molecular weight excluding hydrogens is 759 g/mol. The van der Waals surface area contributed by atoms with E-state index in [1.807, 2.05) is 12.1 Å². The molecule has 0 fully saturated rings. The Kier molecular flexibility index (Phi) is 6.07. The van der Waals surface area contributed by atoms with E-state index in [0.29, 0.717) is 17.3 Å². The van der Waals surface area contributed by atoms with Gasteiger partial charge in [-0.2, -0.15) is 4.98 Å². The predicted octanol–water partition coefficient (Wildman–Crippen LogP) is 14.5. The number of nitrogens with zero attached hydrogens (tertiary/aromatic N) is 5. The first-order chi connectivity index (χ1) is 30.8. The lowest BCUT2D eigenvalue weighted by molar-refractivity contribution is 0.661. The molecule has 0 spiro atoms. The van der Waals surface area contributed by atoms with Crippen LogP contribution in [0.3, 0.4) is 0 Å². The fraction of sp³-hybridized carbons (Fsp3) is 0. The molecule has 0 aliphatic heterocycles. The van der Waals surface area contributed by atoms with E-state index in [1.165, 1.54) is 65.4 Å². The lowest BCUT2D eigenvalue weighted by atomic mass is 10.00. The average Bonchev–Trinajstić information content (AvgIpc) is 4.13. The molecule has 0 atom stereocenters. The van der Waals surface area contributed by atoms with Crippen LogP contribution in [0.4, 0.5) is 0 Å². The van der Waals surface area contributed by atoms with Gasteiger partial charge in [0.15, 0.2) is 11.4 Å². The summed E-state index contributed by atoms with van der Waals surface area (Å²) in [6.45, 7) is 0. The van der Waals surface area contributed by atoms with Crippen molar-refractivity contribution in [2.45, 2.75) is 0 Å². The molecular formula is C56H31N5O. The number of aromatic nitrogens is 5. The second-order valence-electron chi connectivity index (χ2n) is 16.5. The molecule has 0 saturated carbocycles. The fourth-order valence-corrected chi connectivity index (χ4v) is 10.8. The highest BCUT2D eigenvalue weighted by molar-refractivity contribution is 6.34. The Morgan fingerprint density at radius 3 is 1.84 bits per heavy atom. The zero-order valence-corrected chi connectivity index (χ0v) is 33.0. The van der Waals surface area contributed by atoms with E-state index in [2.05, 4.69) is 189 Å². The van der Waals surface area contributed by atoms with Gasteiger partial charge in [0.05, 0.1) is 38.6 Å². The van der Waals surface area contributed by atoms with Crippen LogP contribution in [-0.4, -0.2) is 23.5 Å². The summed E-state index contributed by atoms with van der Waals surface area (Å²) in [5.74, 6) is 1.29. The molecule has 62 heavy (non-hydrogen) atoms. The van der Waals surface area contributed by atoms with E-state index in [-0.39, 0.29) is 0 Å². The highest BCUT2D eigenvalue weighted by Crippen LogP contribution is 2.48. The third kappa shape index (κ3) is 4.04.